The summed E-state index contributed by atoms with van der Waals surface area (Å²) in [5.41, 5.74) is 2.91. The van der Waals surface area contributed by atoms with Gasteiger partial charge in [0.1, 0.15) is 16.5 Å². The molecule has 21 heavy (non-hydrogen) atoms. The number of aromatic nitrogens is 1. The maximum atomic E-state index is 10.2. The van der Waals surface area contributed by atoms with Gasteiger partial charge < -0.3 is 9.84 Å². The van der Waals surface area contributed by atoms with Gasteiger partial charge in [-0.15, -0.1) is 11.3 Å². The molecule has 0 saturated carbocycles. The summed E-state index contributed by atoms with van der Waals surface area (Å²) in [5, 5.41) is 13.1. The highest BCUT2D eigenvalue weighted by atomic mass is 32.1. The van der Waals surface area contributed by atoms with Crippen LogP contribution < -0.4 is 4.74 Å². The first-order valence-corrected chi connectivity index (χ1v) is 7.59. The van der Waals surface area contributed by atoms with Crippen molar-refractivity contribution in [3.8, 4) is 11.5 Å². The molecule has 0 atom stereocenters. The van der Waals surface area contributed by atoms with Gasteiger partial charge in [-0.25, -0.2) is 4.98 Å². The normalized spacial score (nSPS) is 10.8. The Labute approximate surface area is 129 Å². The highest BCUT2D eigenvalue weighted by Crippen LogP contribution is 2.31. The van der Waals surface area contributed by atoms with Crippen LogP contribution in [0.15, 0.2) is 35.4 Å². The van der Waals surface area contributed by atoms with Crippen LogP contribution in [0.1, 0.15) is 30.0 Å². The number of nitrogens with zero attached hydrogens (tertiary/aromatic N) is 1. The number of benzene rings is 1. The zero-order chi connectivity index (χ0) is 15.2. The molecule has 0 unspecified atom stereocenters. The quantitative estimate of drug-likeness (QED) is 0.825. The summed E-state index contributed by atoms with van der Waals surface area (Å²) < 4.78 is 5.40. The Kier molecular flexibility index (Phi) is 5.17. The number of ether oxygens (including phenoxy) is 1. The molecule has 0 amide bonds. The predicted molar refractivity (Wildman–Crippen MR) is 88.8 cm³/mol. The van der Waals surface area contributed by atoms with Crippen molar-refractivity contribution in [2.24, 2.45) is 0 Å². The number of thiazole rings is 1. The van der Waals surface area contributed by atoms with Crippen molar-refractivity contribution in [2.45, 2.75) is 20.3 Å². The third-order valence-corrected chi connectivity index (χ3v) is 3.75. The highest BCUT2D eigenvalue weighted by molar-refractivity contribution is 7.10. The number of hydrogen-bond donors (Lipinski definition) is 1. The lowest BCUT2D eigenvalue weighted by molar-refractivity contribution is 0.401. The molecule has 0 fully saturated rings. The predicted octanol–water partition coefficient (Wildman–Crippen LogP) is 4.54. The minimum absolute atomic E-state index is 0.255. The van der Waals surface area contributed by atoms with Crippen molar-refractivity contribution < 1.29 is 9.84 Å². The molecule has 3 nitrogen and oxygen atoms in total. The second-order valence-electron chi connectivity index (χ2n) is 4.91. The van der Waals surface area contributed by atoms with Crippen molar-refractivity contribution in [3.05, 3.63) is 51.5 Å². The third kappa shape index (κ3) is 4.20. The van der Waals surface area contributed by atoms with Crippen LogP contribution in [0.4, 0.5) is 0 Å². The van der Waals surface area contributed by atoms with Crippen molar-refractivity contribution in [2.75, 3.05) is 7.11 Å². The lowest BCUT2D eigenvalue weighted by Gasteiger charge is -2.10. The molecule has 0 bridgehead atoms. The Bertz CT molecular complexity index is 654. The molecule has 0 saturated heterocycles. The lowest BCUT2D eigenvalue weighted by Crippen LogP contribution is -1.93. The summed E-state index contributed by atoms with van der Waals surface area (Å²) in [7, 11) is 1.62. The topological polar surface area (TPSA) is 42.4 Å². The van der Waals surface area contributed by atoms with Gasteiger partial charge in [0.15, 0.2) is 0 Å². The van der Waals surface area contributed by atoms with Crippen molar-refractivity contribution >= 4 is 23.5 Å². The Morgan fingerprint density at radius 1 is 1.33 bits per heavy atom. The molecule has 110 valence electrons. The first-order valence-electron chi connectivity index (χ1n) is 6.71. The Hall–Kier alpha value is -2.07. The van der Waals surface area contributed by atoms with Gasteiger partial charge >= 0.3 is 0 Å². The van der Waals surface area contributed by atoms with E-state index < -0.39 is 0 Å². The maximum Gasteiger partial charge on any atom is 0.126 e. The molecule has 0 spiro atoms. The zero-order valence-electron chi connectivity index (χ0n) is 12.5. The van der Waals surface area contributed by atoms with Gasteiger partial charge in [-0.1, -0.05) is 17.7 Å². The number of rotatable bonds is 5. The van der Waals surface area contributed by atoms with Gasteiger partial charge in [0.2, 0.25) is 0 Å². The monoisotopic (exact) mass is 301 g/mol. The second-order valence-corrected chi connectivity index (χ2v) is 5.84. The third-order valence-electron chi connectivity index (χ3n) is 3.01. The van der Waals surface area contributed by atoms with E-state index in [9.17, 15) is 5.11 Å². The number of hydrogen-bond acceptors (Lipinski definition) is 4. The van der Waals surface area contributed by atoms with E-state index >= 15 is 0 Å². The average Bonchev–Trinajstić information content (AvgIpc) is 2.96. The van der Waals surface area contributed by atoms with Gasteiger partial charge in [-0.2, -0.15) is 0 Å². The number of phenols is 1. The average molecular weight is 301 g/mol. The smallest absolute Gasteiger partial charge is 0.126 e. The van der Waals surface area contributed by atoms with Crippen LogP contribution >= 0.6 is 11.3 Å². The lowest BCUT2D eigenvalue weighted by atomic mass is 10.0. The fraction of sp³-hybridized carbons (Fsp3) is 0.235. The Morgan fingerprint density at radius 3 is 2.76 bits per heavy atom. The summed E-state index contributed by atoms with van der Waals surface area (Å²) in [6.07, 6.45) is 8.35. The standard InChI is InChI=1S/C17H19NO2S/c1-12(2)4-6-14-15(19)10-13(11-16(14)20-3)5-7-17-18-8-9-21-17/h4-5,7-11,19H,6H2,1-3H3/b7-5-. The van der Waals surface area contributed by atoms with Crippen LogP contribution in [-0.2, 0) is 6.42 Å². The highest BCUT2D eigenvalue weighted by Gasteiger charge is 2.09. The van der Waals surface area contributed by atoms with E-state index in [1.807, 2.05) is 37.4 Å². The van der Waals surface area contributed by atoms with Gasteiger partial charge in [0, 0.05) is 17.1 Å². The molecule has 0 radical (unpaired) electrons. The molecule has 1 aromatic carbocycles. The Morgan fingerprint density at radius 2 is 2.14 bits per heavy atom. The molecule has 2 rings (SSSR count). The molecule has 1 heterocycles. The van der Waals surface area contributed by atoms with Crippen molar-refractivity contribution in [3.63, 3.8) is 0 Å². The van der Waals surface area contributed by atoms with E-state index in [0.29, 0.717) is 12.2 Å². The first-order chi connectivity index (χ1) is 10.1. The number of aromatic hydroxyl groups is 1. The zero-order valence-corrected chi connectivity index (χ0v) is 13.3. The van der Waals surface area contributed by atoms with Gasteiger partial charge in [-0.3, -0.25) is 0 Å². The van der Waals surface area contributed by atoms with Crippen LogP contribution in [0.5, 0.6) is 11.5 Å². The van der Waals surface area contributed by atoms with Crippen molar-refractivity contribution in [1.29, 1.82) is 0 Å². The molecule has 0 aliphatic rings. The molecular formula is C17H19NO2S. The van der Waals surface area contributed by atoms with Crippen molar-refractivity contribution in [1.82, 2.24) is 4.98 Å². The van der Waals surface area contributed by atoms with Gasteiger partial charge in [0.25, 0.3) is 0 Å². The molecule has 0 aliphatic heterocycles. The summed E-state index contributed by atoms with van der Waals surface area (Å²) in [6.45, 7) is 4.07. The summed E-state index contributed by atoms with van der Waals surface area (Å²) in [5.74, 6) is 0.955. The number of allylic oxidation sites excluding steroid dienone is 2. The Balaban J connectivity index is 2.29. The van der Waals surface area contributed by atoms with Crippen LogP contribution in [0.2, 0.25) is 0 Å². The molecular weight excluding hydrogens is 282 g/mol. The molecule has 0 aliphatic carbocycles. The van der Waals surface area contributed by atoms with Crippen LogP contribution in [0.25, 0.3) is 12.2 Å². The fourth-order valence-electron chi connectivity index (χ4n) is 1.93. The van der Waals surface area contributed by atoms with E-state index in [0.717, 1.165) is 16.1 Å². The van der Waals surface area contributed by atoms with Gasteiger partial charge in [0.05, 0.1) is 7.11 Å². The fourth-order valence-corrected chi connectivity index (χ4v) is 2.45. The van der Waals surface area contributed by atoms with Crippen LogP contribution in [0, 0.1) is 0 Å². The minimum atomic E-state index is 0.255. The van der Waals surface area contributed by atoms with E-state index in [1.165, 1.54) is 5.57 Å². The van der Waals surface area contributed by atoms with Crippen LogP contribution in [0.3, 0.4) is 0 Å². The van der Waals surface area contributed by atoms with E-state index in [1.54, 1.807) is 30.7 Å². The molecule has 2 aromatic rings. The summed E-state index contributed by atoms with van der Waals surface area (Å²) in [6, 6.07) is 3.68. The van der Waals surface area contributed by atoms with E-state index in [-0.39, 0.29) is 5.75 Å². The maximum absolute atomic E-state index is 10.2. The second kappa shape index (κ2) is 7.09. The SMILES string of the molecule is COc1cc(/C=C\c2nccs2)cc(O)c1CC=C(C)C. The van der Waals surface area contributed by atoms with Gasteiger partial charge in [-0.05, 0) is 44.0 Å². The molecule has 4 heteroatoms. The van der Waals surface area contributed by atoms with E-state index in [2.05, 4.69) is 11.1 Å². The largest absolute Gasteiger partial charge is 0.507 e. The number of methoxy groups -OCH3 is 1. The number of phenolic OH excluding ortho intramolecular Hbond substituents is 1. The minimum Gasteiger partial charge on any atom is -0.507 e. The first kappa shape index (κ1) is 15.3. The summed E-state index contributed by atoms with van der Waals surface area (Å²) >= 11 is 1.57. The van der Waals surface area contributed by atoms with E-state index in [4.69, 9.17) is 4.74 Å². The summed E-state index contributed by atoms with van der Waals surface area (Å²) in [4.78, 5) is 4.19. The molecule has 1 aromatic heterocycles. The molecule has 1 N–H and O–H groups in total. The van der Waals surface area contributed by atoms with Crippen LogP contribution in [-0.4, -0.2) is 17.2 Å².